The van der Waals surface area contributed by atoms with Crippen LogP contribution in [-0.4, -0.2) is 78.0 Å². The number of aliphatic hydroxyl groups excluding tert-OH is 1. The van der Waals surface area contributed by atoms with Gasteiger partial charge < -0.3 is 31.1 Å². The first-order valence-corrected chi connectivity index (χ1v) is 11.9. The molecule has 1 fully saturated rings. The van der Waals surface area contributed by atoms with Crippen molar-refractivity contribution in [1.29, 1.82) is 0 Å². The van der Waals surface area contributed by atoms with Crippen LogP contribution in [-0.2, 0) is 35.1 Å². The molecule has 0 spiro atoms. The Kier molecular flexibility index (Phi) is 10.5. The summed E-state index contributed by atoms with van der Waals surface area (Å²) in [5, 5.41) is 19.6. The van der Waals surface area contributed by atoms with Crippen molar-refractivity contribution in [2.24, 2.45) is 5.92 Å². The number of ether oxygens (including phenoxy) is 1. The van der Waals surface area contributed by atoms with E-state index >= 15 is 0 Å². The molecule has 1 heterocycles. The van der Waals surface area contributed by atoms with Gasteiger partial charge in [-0.3, -0.25) is 24.0 Å². The maximum absolute atomic E-state index is 13.2. The Morgan fingerprint density at radius 1 is 0.944 bits per heavy atom. The van der Waals surface area contributed by atoms with Gasteiger partial charge in [0, 0.05) is 13.3 Å². The molecule has 0 aliphatic carbocycles. The lowest BCUT2D eigenvalue weighted by Gasteiger charge is -2.26. The Morgan fingerprint density at radius 2 is 1.53 bits per heavy atom. The molecule has 0 aromatic heterocycles. The number of carbonyl (C=O) groups is 5. The number of benzene rings is 1. The molecule has 0 bridgehead atoms. The number of aliphatic hydroxyl groups is 1. The Balaban J connectivity index is 2.14. The van der Waals surface area contributed by atoms with Crippen molar-refractivity contribution < 1.29 is 33.8 Å². The minimum absolute atomic E-state index is 0.00713. The average Bonchev–Trinajstić information content (AvgIpc) is 3.58. The van der Waals surface area contributed by atoms with Gasteiger partial charge in [0.15, 0.2) is 5.78 Å². The minimum Gasteiger partial charge on any atom is -0.394 e. The minimum atomic E-state index is -1.22. The highest BCUT2D eigenvalue weighted by atomic mass is 16.6. The molecule has 36 heavy (non-hydrogen) atoms. The molecule has 0 saturated carbocycles. The fourth-order valence-electron chi connectivity index (χ4n) is 3.49. The first-order valence-electron chi connectivity index (χ1n) is 11.9. The van der Waals surface area contributed by atoms with Gasteiger partial charge in [-0.25, -0.2) is 0 Å². The predicted octanol–water partition coefficient (Wildman–Crippen LogP) is -0.784. The summed E-state index contributed by atoms with van der Waals surface area (Å²) in [6.45, 7) is 6.00. The number of epoxide rings is 1. The normalized spacial score (nSPS) is 18.9. The summed E-state index contributed by atoms with van der Waals surface area (Å²) in [4.78, 5) is 62.4. The Labute approximate surface area is 210 Å². The molecular formula is C25H36N4O7. The number of nitrogens with one attached hydrogen (secondary N) is 4. The second-order valence-electron chi connectivity index (χ2n) is 9.54. The van der Waals surface area contributed by atoms with E-state index in [0.29, 0.717) is 6.61 Å². The summed E-state index contributed by atoms with van der Waals surface area (Å²) >= 11 is 0. The number of hydrogen-bond donors (Lipinski definition) is 5. The van der Waals surface area contributed by atoms with Crippen LogP contribution in [0.15, 0.2) is 30.3 Å². The van der Waals surface area contributed by atoms with Crippen LogP contribution < -0.4 is 21.3 Å². The molecule has 1 aliphatic rings. The van der Waals surface area contributed by atoms with E-state index in [0.717, 1.165) is 5.56 Å². The molecule has 11 nitrogen and oxygen atoms in total. The van der Waals surface area contributed by atoms with E-state index in [-0.39, 0.29) is 31.1 Å². The Morgan fingerprint density at radius 3 is 2.06 bits per heavy atom. The average molecular weight is 505 g/mol. The second-order valence-corrected chi connectivity index (χ2v) is 9.54. The number of carbonyl (C=O) groups excluding carboxylic acids is 5. The van der Waals surface area contributed by atoms with E-state index in [1.54, 1.807) is 19.1 Å². The van der Waals surface area contributed by atoms with Gasteiger partial charge in [0.2, 0.25) is 23.6 Å². The highest BCUT2D eigenvalue weighted by Gasteiger charge is 2.46. The smallest absolute Gasteiger partial charge is 0.245 e. The SMILES string of the molecule is CC(=O)N[C@@H](CO)C(=O)N[C@@H](CC(C)C)C(=O)N[C@@H](Cc1ccccc1)C(=O)NCC(=O)[C@@]1(C)CO1. The van der Waals surface area contributed by atoms with Gasteiger partial charge in [-0.05, 0) is 24.8 Å². The van der Waals surface area contributed by atoms with E-state index in [9.17, 15) is 29.1 Å². The molecular weight excluding hydrogens is 468 g/mol. The van der Waals surface area contributed by atoms with Crippen LogP contribution in [0.3, 0.4) is 0 Å². The van der Waals surface area contributed by atoms with Crippen LogP contribution in [0, 0.1) is 5.92 Å². The van der Waals surface area contributed by atoms with E-state index in [1.165, 1.54) is 6.92 Å². The lowest BCUT2D eigenvalue weighted by atomic mass is 10.0. The maximum atomic E-state index is 13.2. The number of amides is 4. The molecule has 1 aromatic carbocycles. The Hall–Kier alpha value is -3.31. The fraction of sp³-hybridized carbons (Fsp3) is 0.560. The third kappa shape index (κ3) is 9.04. The fourth-order valence-corrected chi connectivity index (χ4v) is 3.49. The molecule has 4 amide bonds. The second kappa shape index (κ2) is 13.1. The van der Waals surface area contributed by atoms with Gasteiger partial charge in [-0.1, -0.05) is 44.2 Å². The first kappa shape index (κ1) is 28.9. The van der Waals surface area contributed by atoms with Crippen molar-refractivity contribution in [2.75, 3.05) is 19.8 Å². The van der Waals surface area contributed by atoms with Crippen molar-refractivity contribution in [3.63, 3.8) is 0 Å². The highest BCUT2D eigenvalue weighted by Crippen LogP contribution is 2.26. The summed E-state index contributed by atoms with van der Waals surface area (Å²) in [5.74, 6) is -2.64. The maximum Gasteiger partial charge on any atom is 0.245 e. The lowest BCUT2D eigenvalue weighted by molar-refractivity contribution is -0.134. The van der Waals surface area contributed by atoms with Crippen molar-refractivity contribution in [1.82, 2.24) is 21.3 Å². The molecule has 1 aromatic rings. The molecule has 5 N–H and O–H groups in total. The summed E-state index contributed by atoms with van der Waals surface area (Å²) in [7, 11) is 0. The molecule has 1 aliphatic heterocycles. The van der Waals surface area contributed by atoms with Gasteiger partial charge in [0.1, 0.15) is 23.7 Å². The molecule has 1 saturated heterocycles. The number of ketones is 1. The van der Waals surface area contributed by atoms with Crippen LogP contribution in [0.5, 0.6) is 0 Å². The largest absolute Gasteiger partial charge is 0.394 e. The quantitative estimate of drug-likeness (QED) is 0.207. The van der Waals surface area contributed by atoms with Crippen LogP contribution in [0.2, 0.25) is 0 Å². The van der Waals surface area contributed by atoms with Gasteiger partial charge in [0.25, 0.3) is 0 Å². The van der Waals surface area contributed by atoms with Gasteiger partial charge in [-0.2, -0.15) is 0 Å². The summed E-state index contributed by atoms with van der Waals surface area (Å²) in [6, 6.07) is 5.80. The van der Waals surface area contributed by atoms with Crippen molar-refractivity contribution in [2.45, 2.75) is 64.3 Å². The molecule has 2 rings (SSSR count). The zero-order valence-electron chi connectivity index (χ0n) is 21.1. The zero-order valence-corrected chi connectivity index (χ0v) is 21.1. The van der Waals surface area contributed by atoms with Crippen LogP contribution in [0.25, 0.3) is 0 Å². The van der Waals surface area contributed by atoms with Gasteiger partial charge >= 0.3 is 0 Å². The zero-order chi connectivity index (χ0) is 26.9. The lowest BCUT2D eigenvalue weighted by Crippen LogP contribution is -2.58. The van der Waals surface area contributed by atoms with Crippen LogP contribution >= 0.6 is 0 Å². The van der Waals surface area contributed by atoms with E-state index in [4.69, 9.17) is 4.74 Å². The van der Waals surface area contributed by atoms with Crippen molar-refractivity contribution in [3.8, 4) is 0 Å². The van der Waals surface area contributed by atoms with E-state index in [2.05, 4.69) is 21.3 Å². The predicted molar refractivity (Wildman–Crippen MR) is 131 cm³/mol. The number of Topliss-reactive ketones (excluding diaryl/α,β-unsaturated/α-hetero) is 1. The molecule has 11 heteroatoms. The van der Waals surface area contributed by atoms with E-state index in [1.807, 2.05) is 32.0 Å². The number of rotatable bonds is 14. The summed E-state index contributed by atoms with van der Waals surface area (Å²) < 4.78 is 5.11. The summed E-state index contributed by atoms with van der Waals surface area (Å²) in [5.41, 5.74) is -0.0906. The Bertz CT molecular complexity index is 947. The third-order valence-corrected chi connectivity index (χ3v) is 5.72. The molecule has 4 atom stereocenters. The highest BCUT2D eigenvalue weighted by molar-refractivity contribution is 5.97. The van der Waals surface area contributed by atoms with Crippen molar-refractivity contribution >= 4 is 29.4 Å². The summed E-state index contributed by atoms with van der Waals surface area (Å²) in [6.07, 6.45) is 0.414. The molecule has 198 valence electrons. The van der Waals surface area contributed by atoms with Crippen LogP contribution in [0.4, 0.5) is 0 Å². The van der Waals surface area contributed by atoms with E-state index < -0.39 is 54.0 Å². The standard InChI is InChI=1S/C25H36N4O7/c1-15(2)10-18(28-24(35)20(13-30)27-16(3)31)23(34)29-19(11-17-8-6-5-7-9-17)22(33)26-12-21(32)25(4)14-36-25/h5-9,15,18-20,30H,10-14H2,1-4H3,(H,26,33)(H,27,31)(H,28,35)(H,29,34)/t18-,19-,20-,25+/m0/s1. The van der Waals surface area contributed by atoms with Crippen LogP contribution in [0.1, 0.15) is 39.7 Å². The number of hydrogen-bond acceptors (Lipinski definition) is 7. The van der Waals surface area contributed by atoms with Crippen molar-refractivity contribution in [3.05, 3.63) is 35.9 Å². The van der Waals surface area contributed by atoms with Gasteiger partial charge in [-0.15, -0.1) is 0 Å². The third-order valence-electron chi connectivity index (χ3n) is 5.72. The molecule has 0 unspecified atom stereocenters. The first-order chi connectivity index (χ1) is 16.9. The monoisotopic (exact) mass is 504 g/mol. The molecule has 0 radical (unpaired) electrons. The van der Waals surface area contributed by atoms with Gasteiger partial charge in [0.05, 0.1) is 19.8 Å². The topological polar surface area (TPSA) is 166 Å².